The van der Waals surface area contributed by atoms with Gasteiger partial charge in [-0.1, -0.05) is 25.0 Å². The molecule has 2 aromatic rings. The topological polar surface area (TPSA) is 43.8 Å². The quantitative estimate of drug-likeness (QED) is 0.841. The second kappa shape index (κ2) is 4.92. The normalized spacial score (nSPS) is 10.3. The summed E-state index contributed by atoms with van der Waals surface area (Å²) in [6, 6.07) is 6.44. The SMILES string of the molecule is C#CCn1c(CC)nc(-c2ccccc2F)c1N. The molecule has 0 fully saturated rings. The molecule has 92 valence electrons. The minimum absolute atomic E-state index is 0.336. The van der Waals surface area contributed by atoms with Crippen molar-refractivity contribution in [2.75, 3.05) is 5.73 Å². The number of hydrogen-bond donors (Lipinski definition) is 1. The van der Waals surface area contributed by atoms with E-state index in [1.54, 1.807) is 22.8 Å². The van der Waals surface area contributed by atoms with Gasteiger partial charge in [0, 0.05) is 12.0 Å². The van der Waals surface area contributed by atoms with E-state index in [4.69, 9.17) is 12.2 Å². The van der Waals surface area contributed by atoms with Crippen LogP contribution in [0.4, 0.5) is 10.2 Å². The number of nitrogens with zero attached hydrogens (tertiary/aromatic N) is 2. The number of halogens is 1. The number of rotatable bonds is 3. The molecular weight excluding hydrogens is 229 g/mol. The zero-order valence-electron chi connectivity index (χ0n) is 10.2. The lowest BCUT2D eigenvalue weighted by Gasteiger charge is -2.04. The van der Waals surface area contributed by atoms with Gasteiger partial charge in [0.2, 0.25) is 0 Å². The van der Waals surface area contributed by atoms with Gasteiger partial charge in [-0.25, -0.2) is 9.37 Å². The molecule has 2 rings (SSSR count). The Labute approximate surface area is 105 Å². The first-order valence-electron chi connectivity index (χ1n) is 5.72. The van der Waals surface area contributed by atoms with Crippen LogP contribution in [0, 0.1) is 18.2 Å². The fourth-order valence-corrected chi connectivity index (χ4v) is 1.90. The summed E-state index contributed by atoms with van der Waals surface area (Å²) in [7, 11) is 0. The highest BCUT2D eigenvalue weighted by atomic mass is 19.1. The van der Waals surface area contributed by atoms with Gasteiger partial charge in [0.15, 0.2) is 0 Å². The summed E-state index contributed by atoms with van der Waals surface area (Å²) in [5, 5.41) is 0. The zero-order chi connectivity index (χ0) is 13.1. The van der Waals surface area contributed by atoms with Gasteiger partial charge < -0.3 is 10.3 Å². The molecule has 0 radical (unpaired) electrons. The summed E-state index contributed by atoms with van der Waals surface area (Å²) in [4.78, 5) is 4.38. The summed E-state index contributed by atoms with van der Waals surface area (Å²) in [5.41, 5.74) is 6.87. The smallest absolute Gasteiger partial charge is 0.132 e. The van der Waals surface area contributed by atoms with E-state index in [-0.39, 0.29) is 5.82 Å². The molecule has 18 heavy (non-hydrogen) atoms. The summed E-state index contributed by atoms with van der Waals surface area (Å²) in [5.74, 6) is 3.37. The van der Waals surface area contributed by atoms with Crippen LogP contribution in [0.5, 0.6) is 0 Å². The first kappa shape index (κ1) is 12.2. The second-order valence-corrected chi connectivity index (χ2v) is 3.89. The number of aromatic nitrogens is 2. The van der Waals surface area contributed by atoms with Gasteiger partial charge in [-0.15, -0.1) is 6.42 Å². The molecule has 0 unspecified atom stereocenters. The van der Waals surface area contributed by atoms with Crippen molar-refractivity contribution >= 4 is 5.82 Å². The molecule has 0 aliphatic carbocycles. The molecule has 0 atom stereocenters. The van der Waals surface area contributed by atoms with Crippen LogP contribution in [0.2, 0.25) is 0 Å². The maximum absolute atomic E-state index is 13.7. The lowest BCUT2D eigenvalue weighted by atomic mass is 10.1. The molecule has 4 heteroatoms. The molecule has 0 aliphatic heterocycles. The fraction of sp³-hybridized carbons (Fsp3) is 0.214. The van der Waals surface area contributed by atoms with Crippen LogP contribution in [-0.2, 0) is 13.0 Å². The van der Waals surface area contributed by atoms with Crippen molar-refractivity contribution in [3.63, 3.8) is 0 Å². The maximum atomic E-state index is 13.7. The third-order valence-electron chi connectivity index (χ3n) is 2.78. The molecule has 2 N–H and O–H groups in total. The minimum Gasteiger partial charge on any atom is -0.383 e. The Morgan fingerprint density at radius 2 is 2.17 bits per heavy atom. The summed E-state index contributed by atoms with van der Waals surface area (Å²) >= 11 is 0. The molecule has 1 heterocycles. The van der Waals surface area contributed by atoms with Gasteiger partial charge in [-0.05, 0) is 12.1 Å². The van der Waals surface area contributed by atoms with Crippen LogP contribution >= 0.6 is 0 Å². The van der Waals surface area contributed by atoms with E-state index in [0.29, 0.717) is 30.0 Å². The number of nitrogen functional groups attached to an aromatic ring is 1. The van der Waals surface area contributed by atoms with Gasteiger partial charge in [0.1, 0.15) is 23.2 Å². The van der Waals surface area contributed by atoms with E-state index in [1.807, 2.05) is 6.92 Å². The van der Waals surface area contributed by atoms with E-state index in [0.717, 1.165) is 5.82 Å². The van der Waals surface area contributed by atoms with Crippen molar-refractivity contribution in [3.05, 3.63) is 35.9 Å². The van der Waals surface area contributed by atoms with E-state index in [1.165, 1.54) is 6.07 Å². The largest absolute Gasteiger partial charge is 0.383 e. The third-order valence-corrected chi connectivity index (χ3v) is 2.78. The number of aryl methyl sites for hydroxylation is 1. The van der Waals surface area contributed by atoms with Gasteiger partial charge in [-0.2, -0.15) is 0 Å². The average Bonchev–Trinajstić information content (AvgIpc) is 2.68. The van der Waals surface area contributed by atoms with Crippen molar-refractivity contribution in [2.45, 2.75) is 19.9 Å². The Kier molecular flexibility index (Phi) is 3.33. The van der Waals surface area contributed by atoms with Crippen molar-refractivity contribution in [3.8, 4) is 23.6 Å². The van der Waals surface area contributed by atoms with Crippen LogP contribution in [0.15, 0.2) is 24.3 Å². The predicted molar refractivity (Wildman–Crippen MR) is 70.2 cm³/mol. The second-order valence-electron chi connectivity index (χ2n) is 3.89. The number of hydrogen-bond acceptors (Lipinski definition) is 2. The Hall–Kier alpha value is -2.28. The highest BCUT2D eigenvalue weighted by Gasteiger charge is 2.16. The molecule has 0 saturated carbocycles. The predicted octanol–water partition coefficient (Wildman–Crippen LogP) is 2.47. The van der Waals surface area contributed by atoms with E-state index in [2.05, 4.69) is 10.9 Å². The van der Waals surface area contributed by atoms with Gasteiger partial charge in [0.25, 0.3) is 0 Å². The highest BCUT2D eigenvalue weighted by Crippen LogP contribution is 2.28. The van der Waals surface area contributed by atoms with Crippen LogP contribution in [-0.4, -0.2) is 9.55 Å². The number of benzene rings is 1. The van der Waals surface area contributed by atoms with Crippen molar-refractivity contribution in [2.24, 2.45) is 0 Å². The molecule has 0 aliphatic rings. The molecule has 3 nitrogen and oxygen atoms in total. The molecule has 0 saturated heterocycles. The average molecular weight is 243 g/mol. The van der Waals surface area contributed by atoms with Crippen molar-refractivity contribution < 1.29 is 4.39 Å². The standard InChI is InChI=1S/C14H14FN3/c1-3-9-18-12(4-2)17-13(14(18)16)10-7-5-6-8-11(10)15/h1,5-8H,4,9,16H2,2H3. The zero-order valence-corrected chi connectivity index (χ0v) is 10.2. The highest BCUT2D eigenvalue weighted by molar-refractivity contribution is 5.71. The van der Waals surface area contributed by atoms with E-state index in [9.17, 15) is 4.39 Å². The number of nitrogens with two attached hydrogens (primary N) is 1. The Morgan fingerprint density at radius 1 is 1.44 bits per heavy atom. The van der Waals surface area contributed by atoms with Crippen LogP contribution in [0.3, 0.4) is 0 Å². The first-order valence-corrected chi connectivity index (χ1v) is 5.72. The molecule has 1 aromatic carbocycles. The molecule has 1 aromatic heterocycles. The number of imidazole rings is 1. The molecule has 0 amide bonds. The van der Waals surface area contributed by atoms with E-state index >= 15 is 0 Å². The van der Waals surface area contributed by atoms with E-state index < -0.39 is 0 Å². The minimum atomic E-state index is -0.336. The lowest BCUT2D eigenvalue weighted by Crippen LogP contribution is -2.05. The van der Waals surface area contributed by atoms with Crippen LogP contribution < -0.4 is 5.73 Å². The van der Waals surface area contributed by atoms with Crippen molar-refractivity contribution in [1.82, 2.24) is 9.55 Å². The van der Waals surface area contributed by atoms with Crippen LogP contribution in [0.1, 0.15) is 12.7 Å². The molecule has 0 spiro atoms. The Balaban J connectivity index is 2.60. The monoisotopic (exact) mass is 243 g/mol. The Bertz CT molecular complexity index is 608. The molecule has 0 bridgehead atoms. The summed E-state index contributed by atoms with van der Waals surface area (Å²) in [6.07, 6.45) is 6.00. The first-order chi connectivity index (χ1) is 8.69. The number of anilines is 1. The van der Waals surface area contributed by atoms with Gasteiger partial charge in [-0.3, -0.25) is 0 Å². The fourth-order valence-electron chi connectivity index (χ4n) is 1.90. The summed E-state index contributed by atoms with van der Waals surface area (Å²) < 4.78 is 15.5. The third kappa shape index (κ3) is 1.95. The lowest BCUT2D eigenvalue weighted by molar-refractivity contribution is 0.631. The molecular formula is C14H14FN3. The summed E-state index contributed by atoms with van der Waals surface area (Å²) in [6.45, 7) is 2.30. The maximum Gasteiger partial charge on any atom is 0.132 e. The number of terminal acetylenes is 1. The Morgan fingerprint density at radius 3 is 2.78 bits per heavy atom. The van der Waals surface area contributed by atoms with Gasteiger partial charge >= 0.3 is 0 Å². The van der Waals surface area contributed by atoms with Crippen molar-refractivity contribution in [1.29, 1.82) is 0 Å². The van der Waals surface area contributed by atoms with Crippen LogP contribution in [0.25, 0.3) is 11.3 Å². The van der Waals surface area contributed by atoms with Gasteiger partial charge in [0.05, 0.1) is 6.54 Å².